The number of rotatable bonds is 0. The first-order valence-electron chi connectivity index (χ1n) is 3.27. The van der Waals surface area contributed by atoms with E-state index in [4.69, 9.17) is 11.6 Å². The van der Waals surface area contributed by atoms with Gasteiger partial charge in [-0.2, -0.15) is 0 Å². The van der Waals surface area contributed by atoms with Crippen LogP contribution >= 0.6 is 11.6 Å². The van der Waals surface area contributed by atoms with Gasteiger partial charge < -0.3 is 0 Å². The van der Waals surface area contributed by atoms with Gasteiger partial charge in [0.05, 0.1) is 11.6 Å². The molecular formula is C8H6ClN2+. The van der Waals surface area contributed by atoms with E-state index in [1.807, 2.05) is 24.4 Å². The van der Waals surface area contributed by atoms with Gasteiger partial charge in [-0.1, -0.05) is 11.6 Å². The quantitative estimate of drug-likeness (QED) is 0.584. The standard InChI is InChI=1S/C8H5ClN2/c9-7-2-1-6-4-10-5-11-8(6)3-7/h1-5H/p+1. The van der Waals surface area contributed by atoms with Crippen LogP contribution in [0.3, 0.4) is 0 Å². The van der Waals surface area contributed by atoms with Crippen molar-refractivity contribution < 1.29 is 4.98 Å². The maximum Gasteiger partial charge on any atom is 0.284 e. The van der Waals surface area contributed by atoms with Crippen LogP contribution < -0.4 is 4.98 Å². The van der Waals surface area contributed by atoms with Crippen LogP contribution in [-0.2, 0) is 0 Å². The summed E-state index contributed by atoms with van der Waals surface area (Å²) in [4.78, 5) is 7.00. The van der Waals surface area contributed by atoms with Crippen LogP contribution in [0.2, 0.25) is 5.02 Å². The lowest BCUT2D eigenvalue weighted by Crippen LogP contribution is -1.99. The van der Waals surface area contributed by atoms with E-state index in [1.165, 1.54) is 0 Å². The zero-order valence-electron chi connectivity index (χ0n) is 5.71. The van der Waals surface area contributed by atoms with Gasteiger partial charge in [0.25, 0.3) is 6.33 Å². The van der Waals surface area contributed by atoms with Crippen molar-refractivity contribution in [2.45, 2.75) is 0 Å². The van der Waals surface area contributed by atoms with Crippen molar-refractivity contribution in [3.8, 4) is 0 Å². The van der Waals surface area contributed by atoms with Crippen molar-refractivity contribution in [3.63, 3.8) is 0 Å². The molecule has 2 rings (SSSR count). The molecule has 54 valence electrons. The van der Waals surface area contributed by atoms with E-state index >= 15 is 0 Å². The summed E-state index contributed by atoms with van der Waals surface area (Å²) in [7, 11) is 0. The number of hydrogen-bond donors (Lipinski definition) is 0. The number of aromatic amines is 1. The summed E-state index contributed by atoms with van der Waals surface area (Å²) in [5.74, 6) is 0. The van der Waals surface area contributed by atoms with E-state index in [2.05, 4.69) is 9.97 Å². The first-order valence-corrected chi connectivity index (χ1v) is 3.65. The number of aromatic nitrogens is 2. The molecular weight excluding hydrogens is 160 g/mol. The van der Waals surface area contributed by atoms with Crippen molar-refractivity contribution in [1.82, 2.24) is 4.98 Å². The molecule has 2 nitrogen and oxygen atoms in total. The monoisotopic (exact) mass is 165 g/mol. The van der Waals surface area contributed by atoms with Crippen LogP contribution in [0.25, 0.3) is 10.9 Å². The first kappa shape index (κ1) is 6.55. The highest BCUT2D eigenvalue weighted by Crippen LogP contribution is 2.14. The zero-order valence-corrected chi connectivity index (χ0v) is 6.47. The van der Waals surface area contributed by atoms with E-state index in [9.17, 15) is 0 Å². The van der Waals surface area contributed by atoms with Gasteiger partial charge in [-0.05, 0) is 17.1 Å². The molecule has 0 bridgehead atoms. The number of nitrogens with zero attached hydrogens (tertiary/aromatic N) is 1. The number of halogens is 1. The summed E-state index contributed by atoms with van der Waals surface area (Å²) in [5, 5.41) is 1.79. The highest BCUT2D eigenvalue weighted by atomic mass is 35.5. The molecule has 3 heteroatoms. The van der Waals surface area contributed by atoms with Crippen LogP contribution in [0.15, 0.2) is 30.7 Å². The molecule has 0 fully saturated rings. The highest BCUT2D eigenvalue weighted by Gasteiger charge is 1.98. The summed E-state index contributed by atoms with van der Waals surface area (Å²) >= 11 is 5.77. The number of nitrogens with one attached hydrogen (secondary N) is 1. The second-order valence-corrected chi connectivity index (χ2v) is 2.71. The molecule has 1 aromatic carbocycles. The lowest BCUT2D eigenvalue weighted by Gasteiger charge is -1.88. The molecule has 1 aromatic heterocycles. The number of fused-ring (bicyclic) bond motifs is 1. The summed E-state index contributed by atoms with van der Waals surface area (Å²) < 4.78 is 0. The first-order chi connectivity index (χ1) is 5.36. The molecule has 0 aliphatic heterocycles. The average Bonchev–Trinajstić information content (AvgIpc) is 2.04. The number of benzene rings is 1. The molecule has 1 heterocycles. The Hall–Kier alpha value is -1.15. The summed E-state index contributed by atoms with van der Waals surface area (Å²) in [6, 6.07) is 5.62. The molecule has 0 atom stereocenters. The van der Waals surface area contributed by atoms with E-state index in [0.717, 1.165) is 15.9 Å². The van der Waals surface area contributed by atoms with E-state index in [0.29, 0.717) is 0 Å². The predicted molar refractivity (Wildman–Crippen MR) is 43.3 cm³/mol. The Labute approximate surface area is 68.9 Å². The number of H-pyrrole nitrogens is 1. The van der Waals surface area contributed by atoms with Gasteiger partial charge in [-0.15, -0.1) is 0 Å². The molecule has 2 aromatic rings. The SMILES string of the molecule is Clc1ccc2c[nH+]cnc2c1. The Bertz CT molecular complexity index is 387. The van der Waals surface area contributed by atoms with Crippen LogP contribution in [0.5, 0.6) is 0 Å². The van der Waals surface area contributed by atoms with Crippen molar-refractivity contribution in [3.05, 3.63) is 35.7 Å². The average molecular weight is 166 g/mol. The van der Waals surface area contributed by atoms with Crippen LogP contribution in [-0.4, -0.2) is 4.98 Å². The van der Waals surface area contributed by atoms with E-state index < -0.39 is 0 Å². The largest absolute Gasteiger partial charge is 0.284 e. The van der Waals surface area contributed by atoms with Gasteiger partial charge in [-0.3, -0.25) is 0 Å². The Morgan fingerprint density at radius 2 is 2.27 bits per heavy atom. The van der Waals surface area contributed by atoms with E-state index in [1.54, 1.807) is 6.33 Å². The zero-order chi connectivity index (χ0) is 7.68. The van der Waals surface area contributed by atoms with Crippen molar-refractivity contribution in [2.24, 2.45) is 0 Å². The maximum atomic E-state index is 5.77. The Morgan fingerprint density at radius 3 is 3.18 bits per heavy atom. The predicted octanol–water partition coefficient (Wildman–Crippen LogP) is 1.70. The van der Waals surface area contributed by atoms with E-state index in [-0.39, 0.29) is 0 Å². The third-order valence-corrected chi connectivity index (χ3v) is 1.74. The molecule has 0 aliphatic rings. The molecule has 0 spiro atoms. The molecule has 0 aliphatic carbocycles. The van der Waals surface area contributed by atoms with Gasteiger partial charge in [0.1, 0.15) is 0 Å². The molecule has 0 amide bonds. The molecule has 11 heavy (non-hydrogen) atoms. The van der Waals surface area contributed by atoms with Gasteiger partial charge in [0.2, 0.25) is 0 Å². The van der Waals surface area contributed by atoms with Crippen molar-refractivity contribution in [1.29, 1.82) is 0 Å². The van der Waals surface area contributed by atoms with Crippen molar-refractivity contribution in [2.75, 3.05) is 0 Å². The topological polar surface area (TPSA) is 27.0 Å². The Balaban J connectivity index is 2.83. The highest BCUT2D eigenvalue weighted by molar-refractivity contribution is 6.31. The van der Waals surface area contributed by atoms with Gasteiger partial charge >= 0.3 is 0 Å². The summed E-state index contributed by atoms with van der Waals surface area (Å²) in [6.45, 7) is 0. The Morgan fingerprint density at radius 1 is 1.36 bits per heavy atom. The van der Waals surface area contributed by atoms with Gasteiger partial charge in [0.15, 0.2) is 5.52 Å². The molecule has 0 saturated heterocycles. The second-order valence-electron chi connectivity index (χ2n) is 2.27. The van der Waals surface area contributed by atoms with Gasteiger partial charge in [-0.25, -0.2) is 4.98 Å². The maximum absolute atomic E-state index is 5.77. The van der Waals surface area contributed by atoms with Crippen LogP contribution in [0.4, 0.5) is 0 Å². The third kappa shape index (κ3) is 1.17. The fourth-order valence-electron chi connectivity index (χ4n) is 0.985. The lowest BCUT2D eigenvalue weighted by molar-refractivity contribution is -0.380. The minimum Gasteiger partial charge on any atom is -0.250 e. The van der Waals surface area contributed by atoms with Crippen LogP contribution in [0, 0.1) is 0 Å². The summed E-state index contributed by atoms with van der Waals surface area (Å²) in [6.07, 6.45) is 3.53. The fourth-order valence-corrected chi connectivity index (χ4v) is 1.15. The number of hydrogen-bond acceptors (Lipinski definition) is 1. The second kappa shape index (κ2) is 2.47. The smallest absolute Gasteiger partial charge is 0.250 e. The Kier molecular flexibility index (Phi) is 1.47. The summed E-state index contributed by atoms with van der Waals surface area (Å²) in [5.41, 5.74) is 0.913. The normalized spacial score (nSPS) is 10.3. The molecule has 0 unspecified atom stereocenters. The minimum absolute atomic E-state index is 0.719. The molecule has 0 saturated carbocycles. The van der Waals surface area contributed by atoms with Gasteiger partial charge in [0, 0.05) is 11.1 Å². The molecule has 1 N–H and O–H groups in total. The minimum atomic E-state index is 0.719. The molecule has 0 radical (unpaired) electrons. The van der Waals surface area contributed by atoms with Crippen molar-refractivity contribution >= 4 is 22.5 Å². The third-order valence-electron chi connectivity index (χ3n) is 1.51. The fraction of sp³-hybridized carbons (Fsp3) is 0. The lowest BCUT2D eigenvalue weighted by atomic mass is 10.2. The van der Waals surface area contributed by atoms with Crippen LogP contribution in [0.1, 0.15) is 0 Å².